The quantitative estimate of drug-likeness (QED) is 0.349. The molecule has 8 heterocycles. The predicted octanol–water partition coefficient (Wildman–Crippen LogP) is 2.19. The Kier molecular flexibility index (Phi) is 5.71. The van der Waals surface area contributed by atoms with E-state index in [0.29, 0.717) is 12.6 Å². The van der Waals surface area contributed by atoms with Crippen LogP contribution in [-0.2, 0) is 13.1 Å². The highest BCUT2D eigenvalue weighted by Gasteiger charge is 2.32. The summed E-state index contributed by atoms with van der Waals surface area (Å²) in [6, 6.07) is 6.91. The zero-order chi connectivity index (χ0) is 24.6. The van der Waals surface area contributed by atoms with Crippen LogP contribution >= 0.6 is 0 Å². The van der Waals surface area contributed by atoms with Crippen LogP contribution in [0.25, 0.3) is 22.6 Å². The fourth-order valence-corrected chi connectivity index (χ4v) is 5.67. The van der Waals surface area contributed by atoms with Crippen molar-refractivity contribution in [2.75, 3.05) is 19.6 Å². The Hall–Kier alpha value is -3.96. The summed E-state index contributed by atoms with van der Waals surface area (Å²) >= 11 is 0. The molecule has 0 aromatic carbocycles. The molecule has 37 heavy (non-hydrogen) atoms. The maximum Gasteiger partial charge on any atom is 0.137 e. The third-order valence-electron chi connectivity index (χ3n) is 7.61. The van der Waals surface area contributed by atoms with Crippen LogP contribution in [0.4, 0.5) is 0 Å². The minimum atomic E-state index is 0.539. The van der Waals surface area contributed by atoms with Crippen LogP contribution in [0.2, 0.25) is 0 Å². The van der Waals surface area contributed by atoms with Crippen molar-refractivity contribution in [3.05, 3.63) is 72.8 Å². The normalized spacial score (nSPS) is 21.1. The van der Waals surface area contributed by atoms with E-state index in [1.165, 1.54) is 37.9 Å². The Balaban J connectivity index is 1.00. The summed E-state index contributed by atoms with van der Waals surface area (Å²) in [4.78, 5) is 11.8. The first kappa shape index (κ1) is 22.3. The summed E-state index contributed by atoms with van der Waals surface area (Å²) in [5.41, 5.74) is 5.55. The number of rotatable bonds is 8. The minimum Gasteiger partial charge on any atom is -0.311 e. The van der Waals surface area contributed by atoms with Gasteiger partial charge < -0.3 is 9.72 Å². The van der Waals surface area contributed by atoms with Gasteiger partial charge in [0.25, 0.3) is 0 Å². The molecule has 1 unspecified atom stereocenters. The molecule has 5 aromatic heterocycles. The average molecular weight is 496 g/mol. The first-order chi connectivity index (χ1) is 18.3. The summed E-state index contributed by atoms with van der Waals surface area (Å²) in [5, 5.41) is 20.2. The molecule has 0 amide bonds. The molecule has 0 spiro atoms. The van der Waals surface area contributed by atoms with E-state index in [9.17, 15) is 0 Å². The van der Waals surface area contributed by atoms with Gasteiger partial charge in [0.1, 0.15) is 11.3 Å². The topological polar surface area (TPSA) is 107 Å². The molecule has 3 saturated heterocycles. The van der Waals surface area contributed by atoms with E-state index < -0.39 is 0 Å². The second kappa shape index (κ2) is 9.49. The number of fused-ring (bicyclic) bond motifs is 4. The summed E-state index contributed by atoms with van der Waals surface area (Å²) in [7, 11) is 0. The maximum atomic E-state index is 4.77. The molecule has 3 fully saturated rings. The Morgan fingerprint density at radius 1 is 1.03 bits per heavy atom. The monoisotopic (exact) mass is 495 g/mol. The van der Waals surface area contributed by atoms with Gasteiger partial charge in [-0.15, -0.1) is 10.2 Å². The van der Waals surface area contributed by atoms with E-state index in [0.717, 1.165) is 47.3 Å². The number of imidazole rings is 1. The summed E-state index contributed by atoms with van der Waals surface area (Å²) in [6.07, 6.45) is 17.2. The van der Waals surface area contributed by atoms with E-state index in [1.807, 2.05) is 12.3 Å². The molecular formula is C26H29N11. The summed E-state index contributed by atoms with van der Waals surface area (Å²) in [6.45, 7) is 5.03. The SMILES string of the molecule is c1cn(-c2cncc(-c3cn(Cc4cn5cc(CNCC6CC7CCN6CC7)ccc5n4)nn3)c2)nn1. The van der Waals surface area contributed by atoms with Crippen molar-refractivity contribution in [1.82, 2.24) is 54.6 Å². The van der Waals surface area contributed by atoms with Crippen LogP contribution in [0, 0.1) is 5.92 Å². The Morgan fingerprint density at radius 3 is 2.81 bits per heavy atom. The standard InChI is InChI=1S/C26H29N11/c1-2-26-30-22(16-35(26)15-20(1)11-27-13-23-9-19-3-6-34(23)7-4-19)17-36-18-25(31-33-36)21-10-24(14-28-12-21)37-8-5-29-32-37/h1-2,5,8,10,12,14-16,18-19,23,27H,3-4,6-7,9,11,13,17H2. The van der Waals surface area contributed by atoms with Crippen molar-refractivity contribution in [3.63, 3.8) is 0 Å². The molecule has 11 nitrogen and oxygen atoms in total. The van der Waals surface area contributed by atoms with E-state index in [2.05, 4.69) is 64.8 Å². The van der Waals surface area contributed by atoms with Crippen molar-refractivity contribution < 1.29 is 0 Å². The lowest BCUT2D eigenvalue weighted by Gasteiger charge is -2.45. The molecule has 3 aliphatic heterocycles. The molecule has 2 bridgehead atoms. The van der Waals surface area contributed by atoms with Gasteiger partial charge in [0.05, 0.1) is 42.7 Å². The number of aromatic nitrogens is 9. The van der Waals surface area contributed by atoms with Gasteiger partial charge in [-0.25, -0.2) is 14.3 Å². The molecule has 11 heteroatoms. The van der Waals surface area contributed by atoms with E-state index >= 15 is 0 Å². The van der Waals surface area contributed by atoms with Crippen molar-refractivity contribution in [1.29, 1.82) is 0 Å². The van der Waals surface area contributed by atoms with Crippen LogP contribution in [0.15, 0.2) is 61.6 Å². The van der Waals surface area contributed by atoms with Gasteiger partial charge in [-0.3, -0.25) is 9.88 Å². The number of nitrogens with zero attached hydrogens (tertiary/aromatic N) is 10. The molecule has 0 saturated carbocycles. The van der Waals surface area contributed by atoms with Crippen molar-refractivity contribution in [3.8, 4) is 16.9 Å². The highest BCUT2D eigenvalue weighted by Crippen LogP contribution is 2.31. The fraction of sp³-hybridized carbons (Fsp3) is 0.385. The number of piperidine rings is 3. The second-order valence-corrected chi connectivity index (χ2v) is 10.1. The maximum absolute atomic E-state index is 4.77. The van der Waals surface area contributed by atoms with Crippen molar-refractivity contribution >= 4 is 5.65 Å². The van der Waals surface area contributed by atoms with Crippen LogP contribution in [0.5, 0.6) is 0 Å². The highest BCUT2D eigenvalue weighted by molar-refractivity contribution is 5.59. The number of hydrogen-bond acceptors (Lipinski definition) is 8. The molecule has 0 radical (unpaired) electrons. The van der Waals surface area contributed by atoms with Gasteiger partial charge >= 0.3 is 0 Å². The predicted molar refractivity (Wildman–Crippen MR) is 137 cm³/mol. The largest absolute Gasteiger partial charge is 0.311 e. The van der Waals surface area contributed by atoms with Gasteiger partial charge in [-0.2, -0.15) is 0 Å². The third-order valence-corrected chi connectivity index (χ3v) is 7.61. The second-order valence-electron chi connectivity index (χ2n) is 10.1. The molecule has 188 valence electrons. The third kappa shape index (κ3) is 4.63. The molecule has 5 aromatic rings. The summed E-state index contributed by atoms with van der Waals surface area (Å²) in [5.74, 6) is 0.944. The van der Waals surface area contributed by atoms with Gasteiger partial charge in [0.15, 0.2) is 0 Å². The van der Waals surface area contributed by atoms with Crippen molar-refractivity contribution in [2.24, 2.45) is 5.92 Å². The van der Waals surface area contributed by atoms with E-state index in [1.54, 1.807) is 34.2 Å². The lowest BCUT2D eigenvalue weighted by atomic mass is 9.83. The fourth-order valence-electron chi connectivity index (χ4n) is 5.67. The van der Waals surface area contributed by atoms with E-state index in [-0.39, 0.29) is 0 Å². The zero-order valence-corrected chi connectivity index (χ0v) is 20.6. The lowest BCUT2D eigenvalue weighted by molar-refractivity contribution is 0.0495. The lowest BCUT2D eigenvalue weighted by Crippen LogP contribution is -2.52. The molecular weight excluding hydrogens is 466 g/mol. The van der Waals surface area contributed by atoms with Crippen molar-refractivity contribution in [2.45, 2.75) is 38.4 Å². The first-order valence-corrected chi connectivity index (χ1v) is 12.9. The van der Waals surface area contributed by atoms with E-state index in [4.69, 9.17) is 4.98 Å². The van der Waals surface area contributed by atoms with Gasteiger partial charge in [-0.05, 0) is 56.0 Å². The summed E-state index contributed by atoms with van der Waals surface area (Å²) < 4.78 is 5.57. The number of pyridine rings is 2. The Bertz CT molecular complexity index is 1490. The molecule has 3 aliphatic rings. The zero-order valence-electron chi connectivity index (χ0n) is 20.6. The Morgan fingerprint density at radius 2 is 1.97 bits per heavy atom. The van der Waals surface area contributed by atoms with Gasteiger partial charge in [0.2, 0.25) is 0 Å². The number of nitrogens with one attached hydrogen (secondary N) is 1. The molecule has 8 rings (SSSR count). The van der Waals surface area contributed by atoms with Crippen LogP contribution in [-0.4, -0.2) is 74.9 Å². The van der Waals surface area contributed by atoms with Crippen LogP contribution in [0.3, 0.4) is 0 Å². The average Bonchev–Trinajstić information content (AvgIpc) is 3.71. The van der Waals surface area contributed by atoms with Crippen LogP contribution in [0.1, 0.15) is 30.5 Å². The first-order valence-electron chi connectivity index (χ1n) is 12.9. The highest BCUT2D eigenvalue weighted by atomic mass is 15.4. The Labute approximate surface area is 214 Å². The minimum absolute atomic E-state index is 0.539. The molecule has 0 aliphatic carbocycles. The van der Waals surface area contributed by atoms with Gasteiger partial charge in [-0.1, -0.05) is 16.5 Å². The number of hydrogen-bond donors (Lipinski definition) is 1. The molecule has 1 N–H and O–H groups in total. The molecule has 1 atom stereocenters. The van der Waals surface area contributed by atoms with Crippen LogP contribution < -0.4 is 5.32 Å². The smallest absolute Gasteiger partial charge is 0.137 e. The van der Waals surface area contributed by atoms with Gasteiger partial charge in [0, 0.05) is 43.3 Å².